The monoisotopic (exact) mass is 585 g/mol. The summed E-state index contributed by atoms with van der Waals surface area (Å²) in [7, 11) is 1.65. The van der Waals surface area contributed by atoms with Crippen LogP contribution in [0, 0.1) is 17.8 Å². The Morgan fingerprint density at radius 1 is 1.00 bits per heavy atom. The first kappa shape index (κ1) is 30.4. The standard InChI is InChI=1S/C35H43N3O5/c1-24(2)22-38(33-9-4-5-16-36-33)35(41)30-13-12-28(42-3)20-32(30)37-17-14-25(15-18-37)23-43-29-8-6-7-27(19-29)31(21-34(39)40)26-10-11-26/h4-9,12-13,16,19-20,24-26,31H,10-11,14-15,17-18,21-23H2,1-3H3,(H,39,40). The summed E-state index contributed by atoms with van der Waals surface area (Å²) in [4.78, 5) is 34.0. The van der Waals surface area contributed by atoms with Crippen molar-refractivity contribution in [2.75, 3.05) is 43.2 Å². The van der Waals surface area contributed by atoms with Crippen LogP contribution in [-0.2, 0) is 4.79 Å². The number of methoxy groups -OCH3 is 1. The van der Waals surface area contributed by atoms with Crippen LogP contribution in [0.2, 0.25) is 0 Å². The zero-order valence-corrected chi connectivity index (χ0v) is 25.4. The molecule has 2 aromatic carbocycles. The molecule has 43 heavy (non-hydrogen) atoms. The zero-order valence-electron chi connectivity index (χ0n) is 25.4. The number of carbonyl (C=O) groups excluding carboxylic acids is 1. The topological polar surface area (TPSA) is 92.2 Å². The molecule has 1 aromatic heterocycles. The van der Waals surface area contributed by atoms with Crippen LogP contribution in [0.4, 0.5) is 11.5 Å². The molecule has 1 aliphatic heterocycles. The Morgan fingerprint density at radius 3 is 2.44 bits per heavy atom. The van der Waals surface area contributed by atoms with Crippen LogP contribution in [-0.4, -0.2) is 55.3 Å². The van der Waals surface area contributed by atoms with Gasteiger partial charge in [-0.3, -0.25) is 14.5 Å². The number of carboxylic acid groups (broad SMARTS) is 1. The number of pyridine rings is 1. The van der Waals surface area contributed by atoms with E-state index >= 15 is 0 Å². The highest BCUT2D eigenvalue weighted by molar-refractivity contribution is 6.09. The van der Waals surface area contributed by atoms with Gasteiger partial charge in [-0.25, -0.2) is 4.98 Å². The molecule has 2 heterocycles. The number of nitrogens with zero attached hydrogens (tertiary/aromatic N) is 3. The van der Waals surface area contributed by atoms with Gasteiger partial charge in [0.25, 0.3) is 5.91 Å². The molecule has 1 saturated heterocycles. The van der Waals surface area contributed by atoms with E-state index in [-0.39, 0.29) is 24.2 Å². The quantitative estimate of drug-likeness (QED) is 0.240. The number of rotatable bonds is 13. The van der Waals surface area contributed by atoms with E-state index in [1.54, 1.807) is 18.2 Å². The van der Waals surface area contributed by atoms with E-state index in [9.17, 15) is 14.7 Å². The molecule has 3 aromatic rings. The first-order chi connectivity index (χ1) is 20.8. The Hall–Kier alpha value is -4.07. The van der Waals surface area contributed by atoms with Crippen LogP contribution in [0.3, 0.4) is 0 Å². The Bertz CT molecular complexity index is 1380. The molecule has 8 nitrogen and oxygen atoms in total. The third kappa shape index (κ3) is 7.86. The maximum absolute atomic E-state index is 14.0. The van der Waals surface area contributed by atoms with Crippen molar-refractivity contribution in [3.05, 3.63) is 78.0 Å². The van der Waals surface area contributed by atoms with Crippen molar-refractivity contribution in [1.82, 2.24) is 4.98 Å². The molecular formula is C35H43N3O5. The fourth-order valence-corrected chi connectivity index (χ4v) is 6.02. The number of hydrogen-bond donors (Lipinski definition) is 1. The summed E-state index contributed by atoms with van der Waals surface area (Å²) >= 11 is 0. The van der Waals surface area contributed by atoms with Crippen molar-refractivity contribution in [3.8, 4) is 11.5 Å². The van der Waals surface area contributed by atoms with Crippen LogP contribution >= 0.6 is 0 Å². The molecule has 8 heteroatoms. The number of hydrogen-bond acceptors (Lipinski definition) is 6. The van der Waals surface area contributed by atoms with Gasteiger partial charge in [0, 0.05) is 31.9 Å². The highest BCUT2D eigenvalue weighted by Crippen LogP contribution is 2.45. The number of anilines is 2. The largest absolute Gasteiger partial charge is 0.497 e. The van der Waals surface area contributed by atoms with Gasteiger partial charge in [0.2, 0.25) is 0 Å². The number of carboxylic acids is 1. The number of piperidine rings is 1. The third-order valence-corrected chi connectivity index (χ3v) is 8.47. The molecule has 0 spiro atoms. The molecule has 1 saturated carbocycles. The second kappa shape index (κ2) is 13.9. The van der Waals surface area contributed by atoms with E-state index in [1.165, 1.54) is 0 Å². The van der Waals surface area contributed by atoms with Crippen molar-refractivity contribution < 1.29 is 24.2 Å². The number of aromatic nitrogens is 1. The van der Waals surface area contributed by atoms with Crippen LogP contribution < -0.4 is 19.3 Å². The van der Waals surface area contributed by atoms with Crippen molar-refractivity contribution in [3.63, 3.8) is 0 Å². The van der Waals surface area contributed by atoms with Gasteiger partial charge in [0.1, 0.15) is 17.3 Å². The molecule has 1 atom stereocenters. The highest BCUT2D eigenvalue weighted by Gasteiger charge is 2.34. The second-order valence-corrected chi connectivity index (χ2v) is 12.2. The molecule has 0 bridgehead atoms. The minimum Gasteiger partial charge on any atom is -0.497 e. The Balaban J connectivity index is 1.25. The van der Waals surface area contributed by atoms with Gasteiger partial charge in [0.05, 0.1) is 31.4 Å². The molecule has 5 rings (SSSR count). The fourth-order valence-electron chi connectivity index (χ4n) is 6.02. The predicted octanol–water partition coefficient (Wildman–Crippen LogP) is 6.66. The summed E-state index contributed by atoms with van der Waals surface area (Å²) in [6.07, 6.45) is 5.95. The van der Waals surface area contributed by atoms with E-state index in [1.807, 2.05) is 60.7 Å². The van der Waals surface area contributed by atoms with Gasteiger partial charge in [0.15, 0.2) is 0 Å². The molecule has 1 amide bonds. The van der Waals surface area contributed by atoms with Crippen molar-refractivity contribution in [2.24, 2.45) is 17.8 Å². The normalized spacial score (nSPS) is 16.1. The highest BCUT2D eigenvalue weighted by atomic mass is 16.5. The van der Waals surface area contributed by atoms with Gasteiger partial charge in [-0.1, -0.05) is 32.0 Å². The summed E-state index contributed by atoms with van der Waals surface area (Å²) in [6.45, 7) is 6.98. The maximum atomic E-state index is 14.0. The molecule has 1 aliphatic carbocycles. The summed E-state index contributed by atoms with van der Waals surface area (Å²) in [5, 5.41) is 9.39. The number of ether oxygens (including phenoxy) is 2. The Labute approximate surface area is 254 Å². The average molecular weight is 586 g/mol. The summed E-state index contributed by atoms with van der Waals surface area (Å²) in [5.74, 6) is 2.53. The summed E-state index contributed by atoms with van der Waals surface area (Å²) in [5.41, 5.74) is 2.58. The van der Waals surface area contributed by atoms with Crippen molar-refractivity contribution in [1.29, 1.82) is 0 Å². The van der Waals surface area contributed by atoms with Crippen molar-refractivity contribution >= 4 is 23.4 Å². The van der Waals surface area contributed by atoms with Crippen LogP contribution in [0.1, 0.15) is 67.8 Å². The number of carbonyl (C=O) groups is 2. The number of aliphatic carboxylic acids is 1. The SMILES string of the molecule is COc1ccc(C(=O)N(CC(C)C)c2ccccn2)c(N2CCC(COc3cccc(C(CC(=O)O)C4CC4)c3)CC2)c1. The second-order valence-electron chi connectivity index (χ2n) is 12.2. The fraction of sp³-hybridized carbons (Fsp3) is 0.457. The third-order valence-electron chi connectivity index (χ3n) is 8.47. The maximum Gasteiger partial charge on any atom is 0.303 e. The first-order valence-electron chi connectivity index (χ1n) is 15.4. The lowest BCUT2D eigenvalue weighted by Gasteiger charge is -2.35. The molecule has 228 valence electrons. The van der Waals surface area contributed by atoms with Gasteiger partial charge in [-0.05, 0) is 91.3 Å². The van der Waals surface area contributed by atoms with Crippen LogP contribution in [0.5, 0.6) is 11.5 Å². The number of benzene rings is 2. The van der Waals surface area contributed by atoms with Gasteiger partial charge in [-0.15, -0.1) is 0 Å². The minimum atomic E-state index is -0.750. The lowest BCUT2D eigenvalue weighted by atomic mass is 9.91. The van der Waals surface area contributed by atoms with Crippen LogP contribution in [0.15, 0.2) is 66.9 Å². The lowest BCUT2D eigenvalue weighted by molar-refractivity contribution is -0.137. The Morgan fingerprint density at radius 2 is 1.79 bits per heavy atom. The lowest BCUT2D eigenvalue weighted by Crippen LogP contribution is -2.39. The molecular weight excluding hydrogens is 542 g/mol. The zero-order chi connectivity index (χ0) is 30.3. The van der Waals surface area contributed by atoms with E-state index < -0.39 is 5.97 Å². The van der Waals surface area contributed by atoms with E-state index in [0.717, 1.165) is 61.5 Å². The van der Waals surface area contributed by atoms with Gasteiger partial charge >= 0.3 is 5.97 Å². The summed E-state index contributed by atoms with van der Waals surface area (Å²) in [6, 6.07) is 19.3. The average Bonchev–Trinajstić information content (AvgIpc) is 3.87. The van der Waals surface area contributed by atoms with E-state index in [2.05, 4.69) is 23.7 Å². The van der Waals surface area contributed by atoms with E-state index in [0.29, 0.717) is 36.4 Å². The number of amides is 1. The first-order valence-corrected chi connectivity index (χ1v) is 15.4. The van der Waals surface area contributed by atoms with E-state index in [4.69, 9.17) is 9.47 Å². The molecule has 1 unspecified atom stereocenters. The molecule has 2 aliphatic rings. The predicted molar refractivity (Wildman–Crippen MR) is 168 cm³/mol. The van der Waals surface area contributed by atoms with Crippen LogP contribution in [0.25, 0.3) is 0 Å². The Kier molecular flexibility index (Phi) is 9.85. The molecule has 0 radical (unpaired) electrons. The smallest absolute Gasteiger partial charge is 0.303 e. The van der Waals surface area contributed by atoms with Gasteiger partial charge in [-0.2, -0.15) is 0 Å². The molecule has 1 N–H and O–H groups in total. The molecule has 2 fully saturated rings. The minimum absolute atomic E-state index is 0.0539. The van der Waals surface area contributed by atoms with Crippen molar-refractivity contribution in [2.45, 2.75) is 51.9 Å². The summed E-state index contributed by atoms with van der Waals surface area (Å²) < 4.78 is 11.8. The van der Waals surface area contributed by atoms with Gasteiger partial charge < -0.3 is 19.5 Å².